The topological polar surface area (TPSA) is 66.0 Å². The third kappa shape index (κ3) is 7.12. The fraction of sp³-hybridized carbons (Fsp3) is 0.409. The Morgan fingerprint density at radius 3 is 2.18 bits per heavy atom. The number of ether oxygens (including phenoxy) is 4. The molecule has 0 bridgehead atoms. The van der Waals surface area contributed by atoms with Crippen LogP contribution in [-0.2, 0) is 9.47 Å². The summed E-state index contributed by atoms with van der Waals surface area (Å²) in [4.78, 5) is 11.7. The maximum absolute atomic E-state index is 11.7. The van der Waals surface area contributed by atoms with Gasteiger partial charge in [-0.15, -0.1) is 6.58 Å². The molecule has 0 saturated carbocycles. The average Bonchev–Trinajstić information content (AvgIpc) is 2.64. The van der Waals surface area contributed by atoms with E-state index in [1.807, 2.05) is 57.2 Å². The smallest absolute Gasteiger partial charge is 0.407 e. The second kappa shape index (κ2) is 10.6. The highest BCUT2D eigenvalue weighted by molar-refractivity contribution is 5.93. The number of carbonyl (C=O) groups excluding carboxylic acids is 1. The van der Waals surface area contributed by atoms with Crippen molar-refractivity contribution in [2.75, 3.05) is 33.0 Å². The van der Waals surface area contributed by atoms with Gasteiger partial charge in [-0.2, -0.15) is 0 Å². The molecule has 28 heavy (non-hydrogen) atoms. The van der Waals surface area contributed by atoms with E-state index in [0.717, 1.165) is 22.3 Å². The number of hydrogen-bond acceptors (Lipinski definition) is 5. The molecule has 0 aromatic heterocycles. The van der Waals surface area contributed by atoms with Crippen LogP contribution < -0.4 is 14.8 Å². The van der Waals surface area contributed by atoms with Crippen LogP contribution in [0, 0.1) is 0 Å². The van der Waals surface area contributed by atoms with Gasteiger partial charge in [-0.25, -0.2) is 4.79 Å². The largest absolute Gasteiger partial charge is 0.491 e. The second-order valence-electron chi connectivity index (χ2n) is 7.10. The molecule has 0 spiro atoms. The van der Waals surface area contributed by atoms with Gasteiger partial charge < -0.3 is 24.3 Å². The summed E-state index contributed by atoms with van der Waals surface area (Å²) in [5, 5.41) is 4.59. The fourth-order valence-electron chi connectivity index (χ4n) is 2.51. The van der Waals surface area contributed by atoms with E-state index in [1.54, 1.807) is 6.08 Å². The Balaban J connectivity index is 1.92. The van der Waals surface area contributed by atoms with Crippen molar-refractivity contribution in [2.45, 2.75) is 26.4 Å². The standard InChI is InChI=1S/C22H29NO5/c1-5-13-25-15-16-27-20-11-7-8-17-18(20)9-6-10-19(17)26-14-12-23-21(24)28-22(2,3)4/h5-11H,1,12-16H2,2-4H3,(H,23,24). The van der Waals surface area contributed by atoms with Crippen LogP contribution >= 0.6 is 0 Å². The van der Waals surface area contributed by atoms with Crippen LogP contribution in [0.3, 0.4) is 0 Å². The van der Waals surface area contributed by atoms with Crippen molar-refractivity contribution in [2.24, 2.45) is 0 Å². The Labute approximate surface area is 166 Å². The predicted octanol–water partition coefficient (Wildman–Crippen LogP) is 4.32. The summed E-state index contributed by atoms with van der Waals surface area (Å²) in [7, 11) is 0. The summed E-state index contributed by atoms with van der Waals surface area (Å²) in [5.41, 5.74) is -0.520. The SMILES string of the molecule is C=CCOCCOc1cccc2c(OCCNC(=O)OC(C)(C)C)cccc12. The Morgan fingerprint density at radius 1 is 1.00 bits per heavy atom. The lowest BCUT2D eigenvalue weighted by Crippen LogP contribution is -2.34. The second-order valence-corrected chi connectivity index (χ2v) is 7.10. The highest BCUT2D eigenvalue weighted by Crippen LogP contribution is 2.32. The summed E-state index contributed by atoms with van der Waals surface area (Å²) < 4.78 is 22.2. The van der Waals surface area contributed by atoms with Gasteiger partial charge in [0.25, 0.3) is 0 Å². The van der Waals surface area contributed by atoms with Gasteiger partial charge in [-0.1, -0.05) is 30.3 Å². The van der Waals surface area contributed by atoms with Crippen LogP contribution in [0.5, 0.6) is 11.5 Å². The lowest BCUT2D eigenvalue weighted by molar-refractivity contribution is 0.0520. The highest BCUT2D eigenvalue weighted by Gasteiger charge is 2.15. The van der Waals surface area contributed by atoms with Crippen molar-refractivity contribution in [1.82, 2.24) is 5.32 Å². The molecule has 6 heteroatoms. The summed E-state index contributed by atoms with van der Waals surface area (Å²) in [5.74, 6) is 1.51. The van der Waals surface area contributed by atoms with Gasteiger partial charge in [0.15, 0.2) is 0 Å². The van der Waals surface area contributed by atoms with Gasteiger partial charge in [0.2, 0.25) is 0 Å². The van der Waals surface area contributed by atoms with E-state index in [-0.39, 0.29) is 0 Å². The molecule has 0 saturated heterocycles. The van der Waals surface area contributed by atoms with Crippen LogP contribution in [-0.4, -0.2) is 44.7 Å². The molecular formula is C22H29NO5. The maximum atomic E-state index is 11.7. The van der Waals surface area contributed by atoms with Crippen molar-refractivity contribution in [3.05, 3.63) is 49.1 Å². The molecule has 0 radical (unpaired) electrons. The van der Waals surface area contributed by atoms with Crippen molar-refractivity contribution < 1.29 is 23.7 Å². The van der Waals surface area contributed by atoms with Crippen LogP contribution in [0.2, 0.25) is 0 Å². The van der Waals surface area contributed by atoms with Crippen molar-refractivity contribution in [3.63, 3.8) is 0 Å². The predicted molar refractivity (Wildman–Crippen MR) is 110 cm³/mol. The first-order valence-electron chi connectivity index (χ1n) is 9.33. The molecule has 2 aromatic rings. The van der Waals surface area contributed by atoms with E-state index in [4.69, 9.17) is 18.9 Å². The molecule has 0 atom stereocenters. The first-order valence-corrected chi connectivity index (χ1v) is 9.33. The lowest BCUT2D eigenvalue weighted by Gasteiger charge is -2.19. The molecule has 1 N–H and O–H groups in total. The zero-order chi connectivity index (χ0) is 20.4. The third-order valence-corrected chi connectivity index (χ3v) is 3.59. The van der Waals surface area contributed by atoms with Gasteiger partial charge in [0, 0.05) is 10.8 Å². The number of fused-ring (bicyclic) bond motifs is 1. The van der Waals surface area contributed by atoms with Gasteiger partial charge in [-0.3, -0.25) is 0 Å². The monoisotopic (exact) mass is 387 g/mol. The zero-order valence-electron chi connectivity index (χ0n) is 16.8. The average molecular weight is 387 g/mol. The summed E-state index contributed by atoms with van der Waals surface area (Å²) in [6.07, 6.45) is 1.25. The Hall–Kier alpha value is -2.73. The normalized spacial score (nSPS) is 11.1. The number of alkyl carbamates (subject to hydrolysis) is 1. The quantitative estimate of drug-likeness (QED) is 0.486. The van der Waals surface area contributed by atoms with Gasteiger partial charge in [0.05, 0.1) is 19.8 Å². The van der Waals surface area contributed by atoms with Crippen LogP contribution in [0.1, 0.15) is 20.8 Å². The molecule has 0 aliphatic heterocycles. The molecule has 2 rings (SSSR count). The number of benzene rings is 2. The number of nitrogens with one attached hydrogen (secondary N) is 1. The molecule has 0 fully saturated rings. The lowest BCUT2D eigenvalue weighted by atomic mass is 10.1. The Bertz CT molecular complexity index is 782. The fourth-order valence-corrected chi connectivity index (χ4v) is 2.51. The van der Waals surface area contributed by atoms with Crippen LogP contribution in [0.4, 0.5) is 4.79 Å². The van der Waals surface area contributed by atoms with Crippen molar-refractivity contribution in [1.29, 1.82) is 0 Å². The molecule has 6 nitrogen and oxygen atoms in total. The molecule has 0 heterocycles. The van der Waals surface area contributed by atoms with Crippen LogP contribution in [0.25, 0.3) is 10.8 Å². The van der Waals surface area contributed by atoms with E-state index in [1.165, 1.54) is 0 Å². The van der Waals surface area contributed by atoms with E-state index < -0.39 is 11.7 Å². The van der Waals surface area contributed by atoms with Crippen molar-refractivity contribution in [3.8, 4) is 11.5 Å². The van der Waals surface area contributed by atoms with Crippen LogP contribution in [0.15, 0.2) is 49.1 Å². The molecule has 1 amide bonds. The number of carbonyl (C=O) groups is 1. The summed E-state index contributed by atoms with van der Waals surface area (Å²) >= 11 is 0. The van der Waals surface area contributed by atoms with Crippen molar-refractivity contribution >= 4 is 16.9 Å². The molecule has 152 valence electrons. The van der Waals surface area contributed by atoms with E-state index in [0.29, 0.717) is 33.0 Å². The minimum absolute atomic E-state index is 0.332. The molecule has 0 unspecified atom stereocenters. The Morgan fingerprint density at radius 2 is 1.61 bits per heavy atom. The van der Waals surface area contributed by atoms with Gasteiger partial charge in [0.1, 0.15) is 30.3 Å². The molecule has 0 aliphatic rings. The van der Waals surface area contributed by atoms with Gasteiger partial charge in [-0.05, 0) is 32.9 Å². The Kier molecular flexibility index (Phi) is 8.14. The third-order valence-electron chi connectivity index (χ3n) is 3.59. The molecule has 0 aliphatic carbocycles. The number of amides is 1. The minimum Gasteiger partial charge on any atom is -0.491 e. The first-order chi connectivity index (χ1) is 13.4. The number of rotatable bonds is 10. The van der Waals surface area contributed by atoms with E-state index in [9.17, 15) is 4.79 Å². The van der Waals surface area contributed by atoms with Gasteiger partial charge >= 0.3 is 6.09 Å². The summed E-state index contributed by atoms with van der Waals surface area (Å²) in [6.45, 7) is 11.2. The molecule has 2 aromatic carbocycles. The zero-order valence-corrected chi connectivity index (χ0v) is 16.8. The van der Waals surface area contributed by atoms with E-state index >= 15 is 0 Å². The maximum Gasteiger partial charge on any atom is 0.407 e. The van der Waals surface area contributed by atoms with E-state index in [2.05, 4.69) is 11.9 Å². The molecular weight excluding hydrogens is 358 g/mol. The minimum atomic E-state index is -0.520. The summed E-state index contributed by atoms with van der Waals surface area (Å²) in [6, 6.07) is 11.6. The number of hydrogen-bond donors (Lipinski definition) is 1. The highest BCUT2D eigenvalue weighted by atomic mass is 16.6. The first kappa shape index (κ1) is 21.6.